The minimum Gasteiger partial charge on any atom is -0.467 e. The van der Waals surface area contributed by atoms with E-state index in [-0.39, 0.29) is 11.4 Å². The molecule has 1 fully saturated rings. The normalized spacial score (nSPS) is 16.0. The van der Waals surface area contributed by atoms with Crippen LogP contribution >= 0.6 is 0 Å². The molecule has 96 valence electrons. The third kappa shape index (κ3) is 2.04. The first-order valence-corrected chi connectivity index (χ1v) is 5.51. The van der Waals surface area contributed by atoms with E-state index in [0.717, 1.165) is 0 Å². The van der Waals surface area contributed by atoms with Crippen molar-refractivity contribution in [2.24, 2.45) is 0 Å². The van der Waals surface area contributed by atoms with Crippen LogP contribution in [0.3, 0.4) is 0 Å². The Morgan fingerprint density at radius 2 is 2.00 bits per heavy atom. The van der Waals surface area contributed by atoms with Crippen LogP contribution in [0.25, 0.3) is 0 Å². The summed E-state index contributed by atoms with van der Waals surface area (Å²) >= 11 is 0. The molecule has 7 nitrogen and oxygen atoms in total. The van der Waals surface area contributed by atoms with Crippen LogP contribution in [0.15, 0.2) is 12.4 Å². The standard InChI is InChI=1S/C10H14BN3O4/c1-14(10(3-4-10)8(15)18-2)9-12-5-7(6-13-9)11(16)17/h5-6,16-17H,3-4H2,1-2H3. The summed E-state index contributed by atoms with van der Waals surface area (Å²) in [4.78, 5) is 21.4. The Morgan fingerprint density at radius 1 is 1.44 bits per heavy atom. The van der Waals surface area contributed by atoms with Crippen molar-refractivity contribution in [1.29, 1.82) is 0 Å². The molecule has 0 amide bonds. The average Bonchev–Trinajstić information content (AvgIpc) is 3.18. The summed E-state index contributed by atoms with van der Waals surface area (Å²) in [6.45, 7) is 0. The molecule has 0 saturated heterocycles. The number of ether oxygens (including phenoxy) is 1. The second kappa shape index (κ2) is 4.54. The van der Waals surface area contributed by atoms with E-state index in [0.29, 0.717) is 18.8 Å². The second-order valence-corrected chi connectivity index (χ2v) is 4.27. The summed E-state index contributed by atoms with van der Waals surface area (Å²) in [5.74, 6) is 0.0437. The fourth-order valence-electron chi connectivity index (χ4n) is 1.81. The van der Waals surface area contributed by atoms with E-state index < -0.39 is 12.7 Å². The zero-order valence-electron chi connectivity index (χ0n) is 10.2. The molecule has 1 aromatic rings. The smallest absolute Gasteiger partial charge is 0.467 e. The molecular weight excluding hydrogens is 237 g/mol. The van der Waals surface area contributed by atoms with Crippen LogP contribution in [0, 0.1) is 0 Å². The van der Waals surface area contributed by atoms with Gasteiger partial charge in [-0.3, -0.25) is 0 Å². The van der Waals surface area contributed by atoms with Crippen molar-refractivity contribution >= 4 is 24.5 Å². The van der Waals surface area contributed by atoms with Crippen LogP contribution in [0.5, 0.6) is 0 Å². The highest BCUT2D eigenvalue weighted by molar-refractivity contribution is 6.58. The van der Waals surface area contributed by atoms with Gasteiger partial charge < -0.3 is 19.7 Å². The van der Waals surface area contributed by atoms with Gasteiger partial charge in [0.1, 0.15) is 5.54 Å². The van der Waals surface area contributed by atoms with Gasteiger partial charge in [0.2, 0.25) is 5.95 Å². The summed E-state index contributed by atoms with van der Waals surface area (Å²) in [6.07, 6.45) is 4.03. The Labute approximate surface area is 105 Å². The molecule has 0 aliphatic heterocycles. The fraction of sp³-hybridized carbons (Fsp3) is 0.500. The van der Waals surface area contributed by atoms with Crippen LogP contribution in [-0.4, -0.2) is 52.8 Å². The van der Waals surface area contributed by atoms with Crippen LogP contribution in [0.2, 0.25) is 0 Å². The van der Waals surface area contributed by atoms with Gasteiger partial charge in [-0.05, 0) is 12.8 Å². The first kappa shape index (κ1) is 12.8. The maximum Gasteiger partial charge on any atom is 0.491 e. The molecule has 18 heavy (non-hydrogen) atoms. The summed E-state index contributed by atoms with van der Waals surface area (Å²) in [5.41, 5.74) is -0.469. The van der Waals surface area contributed by atoms with Gasteiger partial charge in [0.05, 0.1) is 7.11 Å². The SMILES string of the molecule is COC(=O)C1(N(C)c2ncc(B(O)O)cn2)CC1. The number of carbonyl (C=O) groups excluding carboxylic acids is 1. The predicted octanol–water partition coefficient (Wildman–Crippen LogP) is -1.70. The number of aromatic nitrogens is 2. The molecule has 0 atom stereocenters. The molecular formula is C10H14BN3O4. The number of rotatable bonds is 4. The summed E-state index contributed by atoms with van der Waals surface area (Å²) in [7, 11) is 1.47. The molecule has 1 aliphatic carbocycles. The Kier molecular flexibility index (Phi) is 3.23. The van der Waals surface area contributed by atoms with Gasteiger partial charge in [-0.25, -0.2) is 14.8 Å². The highest BCUT2D eigenvalue weighted by atomic mass is 16.5. The predicted molar refractivity (Wildman–Crippen MR) is 64.2 cm³/mol. The van der Waals surface area contributed by atoms with Crippen LogP contribution in [0.4, 0.5) is 5.95 Å². The van der Waals surface area contributed by atoms with E-state index in [9.17, 15) is 4.79 Å². The number of nitrogens with zero attached hydrogens (tertiary/aromatic N) is 3. The molecule has 0 spiro atoms. The van der Waals surface area contributed by atoms with Gasteiger partial charge in [0, 0.05) is 24.9 Å². The zero-order valence-corrected chi connectivity index (χ0v) is 10.2. The van der Waals surface area contributed by atoms with Crippen molar-refractivity contribution in [1.82, 2.24) is 9.97 Å². The number of hydrogen-bond donors (Lipinski definition) is 2. The summed E-state index contributed by atoms with van der Waals surface area (Å²) < 4.78 is 4.77. The van der Waals surface area contributed by atoms with E-state index in [1.54, 1.807) is 11.9 Å². The molecule has 1 saturated carbocycles. The third-order valence-electron chi connectivity index (χ3n) is 3.19. The fourth-order valence-corrected chi connectivity index (χ4v) is 1.81. The van der Waals surface area contributed by atoms with Crippen molar-refractivity contribution in [3.05, 3.63) is 12.4 Å². The maximum absolute atomic E-state index is 11.7. The summed E-state index contributed by atoms with van der Waals surface area (Å²) in [5, 5.41) is 17.9. The number of anilines is 1. The van der Waals surface area contributed by atoms with E-state index in [4.69, 9.17) is 14.8 Å². The quantitative estimate of drug-likeness (QED) is 0.486. The van der Waals surface area contributed by atoms with Gasteiger partial charge in [-0.1, -0.05) is 0 Å². The molecule has 0 bridgehead atoms. The van der Waals surface area contributed by atoms with Gasteiger partial charge in [0.25, 0.3) is 0 Å². The lowest BCUT2D eigenvalue weighted by molar-refractivity contribution is -0.143. The Hall–Kier alpha value is -1.67. The van der Waals surface area contributed by atoms with Crippen molar-refractivity contribution in [2.75, 3.05) is 19.1 Å². The number of esters is 1. The maximum atomic E-state index is 11.7. The number of carbonyl (C=O) groups is 1. The number of likely N-dealkylation sites (N-methyl/N-ethyl adjacent to an activating group) is 1. The lowest BCUT2D eigenvalue weighted by atomic mass is 9.83. The molecule has 8 heteroatoms. The van der Waals surface area contributed by atoms with E-state index in [1.165, 1.54) is 19.5 Å². The van der Waals surface area contributed by atoms with E-state index >= 15 is 0 Å². The van der Waals surface area contributed by atoms with Crippen molar-refractivity contribution in [3.8, 4) is 0 Å². The Morgan fingerprint density at radius 3 is 2.39 bits per heavy atom. The molecule has 2 rings (SSSR count). The molecule has 0 unspecified atom stereocenters. The first-order chi connectivity index (χ1) is 8.51. The van der Waals surface area contributed by atoms with Crippen molar-refractivity contribution in [3.63, 3.8) is 0 Å². The molecule has 1 aromatic heterocycles. The lowest BCUT2D eigenvalue weighted by Gasteiger charge is -2.25. The van der Waals surface area contributed by atoms with Crippen molar-refractivity contribution < 1.29 is 19.6 Å². The molecule has 0 radical (unpaired) electrons. The second-order valence-electron chi connectivity index (χ2n) is 4.27. The molecule has 2 N–H and O–H groups in total. The van der Waals surface area contributed by atoms with Crippen LogP contribution < -0.4 is 10.4 Å². The summed E-state index contributed by atoms with van der Waals surface area (Å²) in [6, 6.07) is 0. The molecule has 0 aromatic carbocycles. The van der Waals surface area contributed by atoms with Crippen LogP contribution in [-0.2, 0) is 9.53 Å². The van der Waals surface area contributed by atoms with Gasteiger partial charge in [0.15, 0.2) is 0 Å². The Bertz CT molecular complexity index is 447. The molecule has 1 heterocycles. The minimum absolute atomic E-state index is 0.204. The first-order valence-electron chi connectivity index (χ1n) is 5.51. The number of methoxy groups -OCH3 is 1. The van der Waals surface area contributed by atoms with Gasteiger partial charge in [-0.2, -0.15) is 0 Å². The highest BCUT2D eigenvalue weighted by Crippen LogP contribution is 2.43. The lowest BCUT2D eigenvalue weighted by Crippen LogP contribution is -2.43. The average molecular weight is 251 g/mol. The van der Waals surface area contributed by atoms with E-state index in [2.05, 4.69) is 9.97 Å². The monoisotopic (exact) mass is 251 g/mol. The zero-order chi connectivity index (χ0) is 13.3. The topological polar surface area (TPSA) is 95.8 Å². The minimum atomic E-state index is -1.60. The largest absolute Gasteiger partial charge is 0.491 e. The van der Waals surface area contributed by atoms with Crippen LogP contribution in [0.1, 0.15) is 12.8 Å². The highest BCUT2D eigenvalue weighted by Gasteiger charge is 2.55. The van der Waals surface area contributed by atoms with Crippen molar-refractivity contribution in [2.45, 2.75) is 18.4 Å². The Balaban J connectivity index is 2.19. The van der Waals surface area contributed by atoms with Gasteiger partial charge >= 0.3 is 13.1 Å². The third-order valence-corrected chi connectivity index (χ3v) is 3.19. The van der Waals surface area contributed by atoms with Gasteiger partial charge in [-0.15, -0.1) is 0 Å². The molecule has 1 aliphatic rings. The van der Waals surface area contributed by atoms with E-state index in [1.807, 2.05) is 0 Å². The number of hydrogen-bond acceptors (Lipinski definition) is 7.